The number of halogens is 1. The quantitative estimate of drug-likeness (QED) is 0.670. The molecular weight excluding hydrogens is 292 g/mol. The molecule has 1 aliphatic heterocycles. The molecule has 6 heteroatoms. The lowest BCUT2D eigenvalue weighted by molar-refractivity contribution is -0.142. The van der Waals surface area contributed by atoms with E-state index in [0.717, 1.165) is 5.01 Å². The minimum Gasteiger partial charge on any atom is -0.272 e. The SMILES string of the molecule is O=C(NN1C(=O)[C@H]2CC=CC[C@@H]2C1=O)c1ccccc1Cl. The minimum atomic E-state index is -0.561. The van der Waals surface area contributed by atoms with Crippen molar-refractivity contribution in [3.63, 3.8) is 0 Å². The predicted octanol–water partition coefficient (Wildman–Crippen LogP) is 1.94. The van der Waals surface area contributed by atoms with Crippen molar-refractivity contribution >= 4 is 29.3 Å². The Kier molecular flexibility index (Phi) is 3.51. The van der Waals surface area contributed by atoms with Gasteiger partial charge in [-0.25, -0.2) is 0 Å². The van der Waals surface area contributed by atoms with Crippen LogP contribution in [-0.4, -0.2) is 22.7 Å². The van der Waals surface area contributed by atoms with Crippen molar-refractivity contribution in [2.45, 2.75) is 12.8 Å². The summed E-state index contributed by atoms with van der Waals surface area (Å²) in [5.74, 6) is -2.00. The van der Waals surface area contributed by atoms with E-state index in [2.05, 4.69) is 5.43 Å². The van der Waals surface area contributed by atoms with Crippen molar-refractivity contribution in [3.05, 3.63) is 47.0 Å². The van der Waals surface area contributed by atoms with E-state index in [4.69, 9.17) is 11.6 Å². The van der Waals surface area contributed by atoms with E-state index in [1.807, 2.05) is 12.2 Å². The summed E-state index contributed by atoms with van der Waals surface area (Å²) >= 11 is 5.94. The Hall–Kier alpha value is -2.14. The lowest BCUT2D eigenvalue weighted by Crippen LogP contribution is -2.46. The number of imide groups is 1. The molecule has 1 aromatic carbocycles. The van der Waals surface area contributed by atoms with Gasteiger partial charge in [0.2, 0.25) is 0 Å². The Morgan fingerprint density at radius 1 is 1.10 bits per heavy atom. The van der Waals surface area contributed by atoms with E-state index in [0.29, 0.717) is 12.8 Å². The van der Waals surface area contributed by atoms with E-state index >= 15 is 0 Å². The molecule has 0 spiro atoms. The average molecular weight is 305 g/mol. The van der Waals surface area contributed by atoms with Crippen molar-refractivity contribution < 1.29 is 14.4 Å². The Morgan fingerprint density at radius 2 is 1.67 bits per heavy atom. The molecule has 1 aliphatic carbocycles. The molecule has 2 atom stereocenters. The van der Waals surface area contributed by atoms with Crippen LogP contribution >= 0.6 is 11.6 Å². The summed E-state index contributed by atoms with van der Waals surface area (Å²) in [4.78, 5) is 36.6. The fraction of sp³-hybridized carbons (Fsp3) is 0.267. The second kappa shape index (κ2) is 5.33. The molecule has 0 saturated carbocycles. The van der Waals surface area contributed by atoms with Crippen LogP contribution in [-0.2, 0) is 9.59 Å². The van der Waals surface area contributed by atoms with Crippen molar-refractivity contribution in [1.82, 2.24) is 10.4 Å². The number of carbonyl (C=O) groups excluding carboxylic acids is 3. The van der Waals surface area contributed by atoms with Crippen molar-refractivity contribution in [3.8, 4) is 0 Å². The predicted molar refractivity (Wildman–Crippen MR) is 76.1 cm³/mol. The maximum Gasteiger partial charge on any atom is 0.271 e. The lowest BCUT2D eigenvalue weighted by Gasteiger charge is -2.16. The molecule has 21 heavy (non-hydrogen) atoms. The van der Waals surface area contributed by atoms with Crippen LogP contribution < -0.4 is 5.43 Å². The first-order valence-corrected chi connectivity index (χ1v) is 7.05. The smallest absolute Gasteiger partial charge is 0.271 e. The molecule has 108 valence electrons. The Labute approximate surface area is 126 Å². The van der Waals surface area contributed by atoms with E-state index in [1.54, 1.807) is 18.2 Å². The lowest BCUT2D eigenvalue weighted by atomic mass is 9.85. The fourth-order valence-corrected chi connectivity index (χ4v) is 2.94. The number of rotatable bonds is 2. The van der Waals surface area contributed by atoms with Crippen molar-refractivity contribution in [2.75, 3.05) is 0 Å². The molecular formula is C15H13ClN2O3. The highest BCUT2D eigenvalue weighted by molar-refractivity contribution is 6.33. The summed E-state index contributed by atoms with van der Waals surface area (Å²) in [5, 5.41) is 1.11. The van der Waals surface area contributed by atoms with E-state index in [1.165, 1.54) is 6.07 Å². The summed E-state index contributed by atoms with van der Waals surface area (Å²) in [6, 6.07) is 6.48. The first kappa shape index (κ1) is 13.8. The molecule has 1 heterocycles. The molecule has 5 nitrogen and oxygen atoms in total. The number of carbonyl (C=O) groups is 3. The Morgan fingerprint density at radius 3 is 2.24 bits per heavy atom. The van der Waals surface area contributed by atoms with Crippen molar-refractivity contribution in [1.29, 1.82) is 0 Å². The topological polar surface area (TPSA) is 66.5 Å². The number of amides is 3. The van der Waals surface area contributed by atoms with E-state index < -0.39 is 5.91 Å². The van der Waals surface area contributed by atoms with Crippen LogP contribution in [0.1, 0.15) is 23.2 Å². The van der Waals surface area contributed by atoms with Gasteiger partial charge in [-0.3, -0.25) is 19.8 Å². The molecule has 0 aromatic heterocycles. The van der Waals surface area contributed by atoms with Gasteiger partial charge < -0.3 is 0 Å². The molecule has 3 rings (SSSR count). The summed E-state index contributed by atoms with van der Waals surface area (Å²) < 4.78 is 0. The maximum atomic E-state index is 12.2. The second-order valence-electron chi connectivity index (χ2n) is 5.09. The van der Waals surface area contributed by atoms with Crippen LogP contribution in [0.5, 0.6) is 0 Å². The van der Waals surface area contributed by atoms with Gasteiger partial charge in [-0.15, -0.1) is 0 Å². The van der Waals surface area contributed by atoms with Gasteiger partial charge in [-0.05, 0) is 25.0 Å². The molecule has 3 amide bonds. The molecule has 1 N–H and O–H groups in total. The first-order chi connectivity index (χ1) is 10.1. The van der Waals surface area contributed by atoms with Gasteiger partial charge in [0.25, 0.3) is 17.7 Å². The van der Waals surface area contributed by atoms with Gasteiger partial charge >= 0.3 is 0 Å². The number of allylic oxidation sites excluding steroid dienone is 2. The fourth-order valence-electron chi connectivity index (χ4n) is 2.72. The van der Waals surface area contributed by atoms with Gasteiger partial charge in [-0.1, -0.05) is 35.9 Å². The van der Waals surface area contributed by atoms with Gasteiger partial charge in [0.05, 0.1) is 22.4 Å². The van der Waals surface area contributed by atoms with Gasteiger partial charge in [0, 0.05) is 0 Å². The van der Waals surface area contributed by atoms with Crippen LogP contribution in [0.25, 0.3) is 0 Å². The van der Waals surface area contributed by atoms with Crippen LogP contribution in [0.15, 0.2) is 36.4 Å². The normalized spacial score (nSPS) is 24.1. The van der Waals surface area contributed by atoms with Crippen LogP contribution in [0.2, 0.25) is 5.02 Å². The molecule has 1 saturated heterocycles. The summed E-state index contributed by atoms with van der Waals surface area (Å²) in [6.07, 6.45) is 4.86. The standard InChI is InChI=1S/C15H13ClN2O3/c16-12-8-4-3-7-11(12)13(19)17-18-14(20)9-5-1-2-6-10(9)15(18)21/h1-4,7-10H,5-6H2,(H,17,19)/t9-,10-/m0/s1. The zero-order chi connectivity index (χ0) is 15.0. The zero-order valence-electron chi connectivity index (χ0n) is 11.1. The largest absolute Gasteiger partial charge is 0.272 e. The summed E-state index contributed by atoms with van der Waals surface area (Å²) in [7, 11) is 0. The number of hydrogen-bond donors (Lipinski definition) is 1. The molecule has 0 unspecified atom stereocenters. The Bertz CT molecular complexity index is 630. The molecule has 2 aliphatic rings. The molecule has 1 aromatic rings. The van der Waals surface area contributed by atoms with Crippen LogP contribution in [0.3, 0.4) is 0 Å². The minimum absolute atomic E-state index is 0.229. The van der Waals surface area contributed by atoms with Gasteiger partial charge in [0.15, 0.2) is 0 Å². The first-order valence-electron chi connectivity index (χ1n) is 6.68. The highest BCUT2D eigenvalue weighted by atomic mass is 35.5. The number of nitrogens with zero attached hydrogens (tertiary/aromatic N) is 1. The van der Waals surface area contributed by atoms with Crippen LogP contribution in [0, 0.1) is 11.8 Å². The maximum absolute atomic E-state index is 12.2. The van der Waals surface area contributed by atoms with Gasteiger partial charge in [-0.2, -0.15) is 5.01 Å². The van der Waals surface area contributed by atoms with Gasteiger partial charge in [0.1, 0.15) is 0 Å². The third kappa shape index (κ3) is 2.34. The molecule has 0 bridgehead atoms. The van der Waals surface area contributed by atoms with E-state index in [-0.39, 0.29) is 34.2 Å². The number of nitrogens with one attached hydrogen (secondary N) is 1. The number of fused-ring (bicyclic) bond motifs is 1. The number of hydrogen-bond acceptors (Lipinski definition) is 3. The third-order valence-electron chi connectivity index (χ3n) is 3.84. The third-order valence-corrected chi connectivity index (χ3v) is 4.17. The number of hydrazine groups is 1. The number of benzene rings is 1. The zero-order valence-corrected chi connectivity index (χ0v) is 11.8. The Balaban J connectivity index is 1.79. The second-order valence-corrected chi connectivity index (χ2v) is 5.50. The highest BCUT2D eigenvalue weighted by Gasteiger charge is 2.48. The monoisotopic (exact) mass is 304 g/mol. The molecule has 1 fully saturated rings. The average Bonchev–Trinajstić information content (AvgIpc) is 2.73. The van der Waals surface area contributed by atoms with E-state index in [9.17, 15) is 14.4 Å². The van der Waals surface area contributed by atoms with Crippen molar-refractivity contribution in [2.24, 2.45) is 11.8 Å². The summed E-state index contributed by atoms with van der Waals surface area (Å²) in [5.41, 5.74) is 2.60. The van der Waals surface area contributed by atoms with Crippen LogP contribution in [0.4, 0.5) is 0 Å². The molecule has 0 radical (unpaired) electrons. The highest BCUT2D eigenvalue weighted by Crippen LogP contribution is 2.34. The summed E-state index contributed by atoms with van der Waals surface area (Å²) in [6.45, 7) is 0.